The summed E-state index contributed by atoms with van der Waals surface area (Å²) < 4.78 is 34.5. The monoisotopic (exact) mass is 492 g/mol. The smallest absolute Gasteiger partial charge is 0.193 e. The van der Waals surface area contributed by atoms with E-state index in [9.17, 15) is 5.11 Å². The van der Waals surface area contributed by atoms with Gasteiger partial charge in [0.25, 0.3) is 0 Å². The summed E-state index contributed by atoms with van der Waals surface area (Å²) >= 11 is 0. The van der Waals surface area contributed by atoms with Gasteiger partial charge in [0.05, 0.1) is 19.3 Å². The van der Waals surface area contributed by atoms with E-state index in [1.807, 2.05) is 48.5 Å². The Labute approximate surface area is 205 Å². The van der Waals surface area contributed by atoms with Crippen LogP contribution in [0.3, 0.4) is 0 Å². The van der Waals surface area contributed by atoms with Gasteiger partial charge in [-0.15, -0.1) is 0 Å². The Kier molecular flexibility index (Phi) is 11.0. The van der Waals surface area contributed by atoms with Crippen molar-refractivity contribution in [1.29, 1.82) is 0 Å². The first kappa shape index (κ1) is 28.3. The lowest BCUT2D eigenvalue weighted by Gasteiger charge is -2.41. The van der Waals surface area contributed by atoms with Crippen molar-refractivity contribution in [2.45, 2.75) is 57.7 Å². The Balaban J connectivity index is 2.42. The van der Waals surface area contributed by atoms with Crippen molar-refractivity contribution in [2.24, 2.45) is 0 Å². The standard InChI is InChI=1S/C26H40O7Si/c1-26(2,3)34(6,7)33-25(24(16-27)30-17-20-11-9-8-10-12-20)21-13-14-22(31-18-28-4)23(15-21)32-19-29-5/h8-15,24-25,27H,16-19H2,1-7H3/t24-,25-/m1/s1. The molecule has 2 aromatic rings. The minimum atomic E-state index is -2.22. The van der Waals surface area contributed by atoms with Crippen LogP contribution in [0.2, 0.25) is 18.1 Å². The molecule has 0 amide bonds. The zero-order chi connectivity index (χ0) is 25.2. The van der Waals surface area contributed by atoms with E-state index < -0.39 is 20.5 Å². The molecule has 1 N–H and O–H groups in total. The Bertz CT molecular complexity index is 852. The number of hydrogen-bond acceptors (Lipinski definition) is 7. The Morgan fingerprint density at radius 3 is 2.06 bits per heavy atom. The van der Waals surface area contributed by atoms with Gasteiger partial charge in [0, 0.05) is 14.2 Å². The summed E-state index contributed by atoms with van der Waals surface area (Å²) in [6.45, 7) is 11.3. The molecule has 2 aromatic carbocycles. The second-order valence-corrected chi connectivity index (χ2v) is 14.4. The summed E-state index contributed by atoms with van der Waals surface area (Å²) in [5.41, 5.74) is 1.85. The van der Waals surface area contributed by atoms with Gasteiger partial charge in [0.2, 0.25) is 0 Å². The predicted octanol–water partition coefficient (Wildman–Crippen LogP) is 5.29. The summed E-state index contributed by atoms with van der Waals surface area (Å²) in [6, 6.07) is 15.5. The lowest BCUT2D eigenvalue weighted by molar-refractivity contribution is -0.0673. The number of aliphatic hydroxyl groups is 1. The third kappa shape index (κ3) is 8.08. The highest BCUT2D eigenvalue weighted by Gasteiger charge is 2.41. The second kappa shape index (κ2) is 13.2. The van der Waals surface area contributed by atoms with Crippen LogP contribution in [0.4, 0.5) is 0 Å². The van der Waals surface area contributed by atoms with Crippen LogP contribution in [-0.2, 0) is 25.2 Å². The molecule has 0 aliphatic carbocycles. The van der Waals surface area contributed by atoms with Crippen LogP contribution in [0.5, 0.6) is 11.5 Å². The number of aliphatic hydroxyl groups excluding tert-OH is 1. The number of ether oxygens (including phenoxy) is 5. The number of methoxy groups -OCH3 is 2. The van der Waals surface area contributed by atoms with E-state index in [1.54, 1.807) is 14.2 Å². The molecule has 0 aliphatic rings. The average Bonchev–Trinajstić information content (AvgIpc) is 2.81. The van der Waals surface area contributed by atoms with E-state index in [0.29, 0.717) is 18.1 Å². The van der Waals surface area contributed by atoms with Crippen molar-refractivity contribution in [3.05, 3.63) is 59.7 Å². The maximum absolute atomic E-state index is 10.3. The van der Waals surface area contributed by atoms with Crippen molar-refractivity contribution < 1.29 is 33.2 Å². The molecule has 8 heteroatoms. The summed E-state index contributed by atoms with van der Waals surface area (Å²) in [6.07, 6.45) is -1.08. The molecule has 0 fully saturated rings. The third-order valence-corrected chi connectivity index (χ3v) is 10.5. The first-order valence-corrected chi connectivity index (χ1v) is 14.4. The highest BCUT2D eigenvalue weighted by atomic mass is 28.4. The molecule has 0 saturated heterocycles. The fourth-order valence-electron chi connectivity index (χ4n) is 3.04. The summed E-state index contributed by atoms with van der Waals surface area (Å²) in [5.74, 6) is 1.03. The molecule has 2 rings (SSSR count). The second-order valence-electron chi connectivity index (χ2n) is 9.62. The van der Waals surface area contributed by atoms with Gasteiger partial charge in [0.15, 0.2) is 33.4 Å². The highest BCUT2D eigenvalue weighted by Crippen LogP contribution is 2.42. The molecule has 0 bridgehead atoms. The normalized spacial score (nSPS) is 14.0. The molecule has 7 nitrogen and oxygen atoms in total. The van der Waals surface area contributed by atoms with Crippen LogP contribution in [0.25, 0.3) is 0 Å². The number of benzene rings is 2. The lowest BCUT2D eigenvalue weighted by atomic mass is 10.0. The first-order chi connectivity index (χ1) is 16.1. The molecule has 0 radical (unpaired) electrons. The molecule has 34 heavy (non-hydrogen) atoms. The van der Waals surface area contributed by atoms with E-state index >= 15 is 0 Å². The van der Waals surface area contributed by atoms with Crippen LogP contribution < -0.4 is 9.47 Å². The third-order valence-electron chi connectivity index (χ3n) is 6.01. The molecule has 0 unspecified atom stereocenters. The van der Waals surface area contributed by atoms with Gasteiger partial charge in [-0.25, -0.2) is 0 Å². The fraction of sp³-hybridized carbons (Fsp3) is 0.538. The molecule has 0 aromatic heterocycles. The molecule has 2 atom stereocenters. The Morgan fingerprint density at radius 2 is 1.50 bits per heavy atom. The maximum Gasteiger partial charge on any atom is 0.193 e. The molecule has 0 aliphatic heterocycles. The van der Waals surface area contributed by atoms with Crippen molar-refractivity contribution in [2.75, 3.05) is 34.4 Å². The summed E-state index contributed by atoms with van der Waals surface area (Å²) in [7, 11) is 0.893. The van der Waals surface area contributed by atoms with E-state index in [4.69, 9.17) is 28.1 Å². The molecular weight excluding hydrogens is 452 g/mol. The van der Waals surface area contributed by atoms with Crippen LogP contribution in [-0.4, -0.2) is 53.9 Å². The Hall–Kier alpha value is -1.94. The van der Waals surface area contributed by atoms with Gasteiger partial charge in [-0.1, -0.05) is 57.2 Å². The van der Waals surface area contributed by atoms with Crippen molar-refractivity contribution >= 4 is 8.32 Å². The molecule has 0 heterocycles. The van der Waals surface area contributed by atoms with Crippen LogP contribution >= 0.6 is 0 Å². The summed E-state index contributed by atoms with van der Waals surface area (Å²) in [4.78, 5) is 0. The van der Waals surface area contributed by atoms with E-state index in [0.717, 1.165) is 11.1 Å². The number of hydrogen-bond donors (Lipinski definition) is 1. The topological polar surface area (TPSA) is 75.6 Å². The quantitative estimate of drug-likeness (QED) is 0.284. The molecule has 190 valence electrons. The predicted molar refractivity (Wildman–Crippen MR) is 135 cm³/mol. The van der Waals surface area contributed by atoms with Crippen molar-refractivity contribution in [3.8, 4) is 11.5 Å². The van der Waals surface area contributed by atoms with Gasteiger partial charge < -0.3 is 33.2 Å². The van der Waals surface area contributed by atoms with E-state index in [1.165, 1.54) is 0 Å². The van der Waals surface area contributed by atoms with Crippen molar-refractivity contribution in [3.63, 3.8) is 0 Å². The minimum absolute atomic E-state index is 0.0262. The van der Waals surface area contributed by atoms with Crippen LogP contribution in [0.1, 0.15) is 38.0 Å². The van der Waals surface area contributed by atoms with Gasteiger partial charge >= 0.3 is 0 Å². The molecule has 0 saturated carbocycles. The molecule has 0 spiro atoms. The summed E-state index contributed by atoms with van der Waals surface area (Å²) in [5, 5.41) is 10.3. The fourth-order valence-corrected chi connectivity index (χ4v) is 4.32. The zero-order valence-corrected chi connectivity index (χ0v) is 22.5. The first-order valence-electron chi connectivity index (χ1n) is 11.4. The van der Waals surface area contributed by atoms with Gasteiger partial charge in [-0.2, -0.15) is 0 Å². The van der Waals surface area contributed by atoms with E-state index in [-0.39, 0.29) is 25.2 Å². The SMILES string of the molecule is COCOc1ccc([C@@H](O[Si](C)(C)C(C)(C)C)[C@@H](CO)OCc2ccccc2)cc1OCOC. The van der Waals surface area contributed by atoms with Gasteiger partial charge in [-0.3, -0.25) is 0 Å². The van der Waals surface area contributed by atoms with Crippen LogP contribution in [0, 0.1) is 0 Å². The number of rotatable bonds is 14. The van der Waals surface area contributed by atoms with Gasteiger partial charge in [-0.05, 0) is 41.4 Å². The maximum atomic E-state index is 10.3. The van der Waals surface area contributed by atoms with Crippen molar-refractivity contribution in [1.82, 2.24) is 0 Å². The lowest BCUT2D eigenvalue weighted by Crippen LogP contribution is -2.45. The largest absolute Gasteiger partial charge is 0.464 e. The average molecular weight is 493 g/mol. The molecular formula is C26H40O7Si. The minimum Gasteiger partial charge on any atom is -0.464 e. The Morgan fingerprint density at radius 1 is 0.882 bits per heavy atom. The zero-order valence-electron chi connectivity index (χ0n) is 21.5. The van der Waals surface area contributed by atoms with E-state index in [2.05, 4.69) is 33.9 Å². The van der Waals surface area contributed by atoms with Crippen LogP contribution in [0.15, 0.2) is 48.5 Å². The highest BCUT2D eigenvalue weighted by molar-refractivity contribution is 6.74. The van der Waals surface area contributed by atoms with Gasteiger partial charge in [0.1, 0.15) is 6.10 Å².